The fraction of sp³-hybridized carbons (Fsp3) is 0.0833. The van der Waals surface area contributed by atoms with Gasteiger partial charge in [-0.25, -0.2) is 5.21 Å². The highest BCUT2D eigenvalue weighted by molar-refractivity contribution is 7.11. The van der Waals surface area contributed by atoms with Crippen LogP contribution in [0.2, 0.25) is 5.02 Å². The molecule has 1 aromatic carbocycles. The number of halogens is 1. The molecule has 0 aliphatic carbocycles. The Balaban J connectivity index is 2.26. The zero-order valence-corrected chi connectivity index (χ0v) is 11.6. The summed E-state index contributed by atoms with van der Waals surface area (Å²) in [6.07, 6.45) is 1.69. The van der Waals surface area contributed by atoms with Gasteiger partial charge in [-0.1, -0.05) is 17.7 Å². The minimum atomic E-state index is -1.03. The van der Waals surface area contributed by atoms with E-state index in [2.05, 4.69) is 5.10 Å². The summed E-state index contributed by atoms with van der Waals surface area (Å²) in [4.78, 5) is 0.998. The fourth-order valence-corrected chi connectivity index (χ4v) is 2.28. The molecule has 5 nitrogen and oxygen atoms in total. The van der Waals surface area contributed by atoms with E-state index in [9.17, 15) is 5.21 Å². The Hall–Kier alpha value is -1.44. The van der Waals surface area contributed by atoms with Gasteiger partial charge in [0.15, 0.2) is 5.69 Å². The quantitative estimate of drug-likeness (QED) is 0.672. The number of hydrazone groups is 1. The van der Waals surface area contributed by atoms with E-state index in [4.69, 9.17) is 16.8 Å². The molecular formula is C12H12ClN3O2S. The second-order valence-corrected chi connectivity index (χ2v) is 5.17. The third-order valence-electron chi connectivity index (χ3n) is 2.44. The summed E-state index contributed by atoms with van der Waals surface area (Å²) in [7, 11) is 1.69. The van der Waals surface area contributed by atoms with Gasteiger partial charge in [-0.2, -0.15) is 10.3 Å². The standard InChI is InChI=1S/C12H12ClN3O2S/c1-15(14-8-10-3-2-6-19-10)11-5-4-9(13)7-12(11)16(17)18/h2-8,16-17H,1H3/b14-8+. The topological polar surface area (TPSA) is 63.3 Å². The van der Waals surface area contributed by atoms with Crippen molar-refractivity contribution in [1.82, 2.24) is 0 Å². The number of hydrogen-bond acceptors (Lipinski definition) is 5. The molecule has 1 unspecified atom stereocenters. The Morgan fingerprint density at radius 2 is 2.26 bits per heavy atom. The van der Waals surface area contributed by atoms with Crippen LogP contribution in [0.15, 0.2) is 40.8 Å². The molecule has 0 saturated heterocycles. The first-order chi connectivity index (χ1) is 9.08. The number of benzene rings is 1. The van der Waals surface area contributed by atoms with Crippen molar-refractivity contribution in [2.75, 3.05) is 12.1 Å². The number of nitrogens with one attached hydrogen (secondary N) is 1. The third-order valence-corrected chi connectivity index (χ3v) is 3.48. The predicted molar refractivity (Wildman–Crippen MR) is 77.5 cm³/mol. The van der Waals surface area contributed by atoms with Crippen LogP contribution < -0.4 is 10.2 Å². The predicted octanol–water partition coefficient (Wildman–Crippen LogP) is 2.28. The van der Waals surface area contributed by atoms with Gasteiger partial charge in [0.2, 0.25) is 0 Å². The van der Waals surface area contributed by atoms with Gasteiger partial charge in [0.05, 0.1) is 6.21 Å². The van der Waals surface area contributed by atoms with Crippen molar-refractivity contribution in [3.05, 3.63) is 50.8 Å². The lowest BCUT2D eigenvalue weighted by Crippen LogP contribution is -2.99. The van der Waals surface area contributed by atoms with E-state index in [0.29, 0.717) is 10.7 Å². The average Bonchev–Trinajstić information content (AvgIpc) is 2.88. The number of hydrogen-bond donors (Lipinski definition) is 2. The van der Waals surface area contributed by atoms with Crippen molar-refractivity contribution in [3.8, 4) is 0 Å². The van der Waals surface area contributed by atoms with Crippen LogP contribution in [0.25, 0.3) is 0 Å². The van der Waals surface area contributed by atoms with Crippen molar-refractivity contribution < 1.29 is 10.4 Å². The van der Waals surface area contributed by atoms with Crippen LogP contribution in [0.5, 0.6) is 0 Å². The Morgan fingerprint density at radius 1 is 1.47 bits per heavy atom. The minimum Gasteiger partial charge on any atom is -0.595 e. The van der Waals surface area contributed by atoms with E-state index >= 15 is 0 Å². The van der Waals surface area contributed by atoms with Crippen molar-refractivity contribution >= 4 is 40.5 Å². The van der Waals surface area contributed by atoms with Gasteiger partial charge in [0.1, 0.15) is 5.69 Å². The number of nitrogens with zero attached hydrogens (tertiary/aromatic N) is 2. The van der Waals surface area contributed by atoms with Gasteiger partial charge in [-0.3, -0.25) is 5.01 Å². The molecule has 0 bridgehead atoms. The molecule has 0 aliphatic rings. The molecule has 2 aromatic rings. The van der Waals surface area contributed by atoms with E-state index in [1.807, 2.05) is 17.5 Å². The molecule has 7 heteroatoms. The summed E-state index contributed by atoms with van der Waals surface area (Å²) in [5.41, 5.74) is 0.614. The lowest BCUT2D eigenvalue weighted by molar-refractivity contribution is -0.990. The molecule has 0 amide bonds. The largest absolute Gasteiger partial charge is 0.595 e. The summed E-state index contributed by atoms with van der Waals surface area (Å²) in [6.45, 7) is 0. The molecule has 2 rings (SSSR count). The van der Waals surface area contributed by atoms with Crippen LogP contribution in [0.4, 0.5) is 11.4 Å². The van der Waals surface area contributed by atoms with Gasteiger partial charge >= 0.3 is 0 Å². The Labute approximate surface area is 119 Å². The highest BCUT2D eigenvalue weighted by Crippen LogP contribution is 2.25. The second kappa shape index (κ2) is 6.14. The number of anilines is 1. The summed E-state index contributed by atoms with van der Waals surface area (Å²) in [6, 6.07) is 8.55. The normalized spacial score (nSPS) is 12.8. The lowest BCUT2D eigenvalue weighted by Gasteiger charge is -2.20. The zero-order valence-electron chi connectivity index (χ0n) is 10.1. The molecule has 0 aliphatic heterocycles. The summed E-state index contributed by atoms with van der Waals surface area (Å²) >= 11 is 7.36. The van der Waals surface area contributed by atoms with Crippen LogP contribution in [0.3, 0.4) is 0 Å². The van der Waals surface area contributed by atoms with Gasteiger partial charge in [-0.05, 0) is 23.6 Å². The van der Waals surface area contributed by atoms with E-state index < -0.39 is 5.23 Å². The van der Waals surface area contributed by atoms with Crippen LogP contribution in [-0.4, -0.2) is 18.5 Å². The van der Waals surface area contributed by atoms with Crippen molar-refractivity contribution in [2.45, 2.75) is 0 Å². The maximum Gasteiger partial charge on any atom is 0.190 e. The molecule has 1 atom stereocenters. The molecule has 0 spiro atoms. The summed E-state index contributed by atoms with van der Waals surface area (Å²) in [5.74, 6) is 0. The number of quaternary nitrogens is 1. The number of rotatable bonds is 4. The molecule has 0 radical (unpaired) electrons. The molecule has 2 N–H and O–H groups in total. The Bertz CT molecular complexity index is 572. The minimum absolute atomic E-state index is 0.123. The van der Waals surface area contributed by atoms with E-state index in [1.165, 1.54) is 11.1 Å². The van der Waals surface area contributed by atoms with Crippen molar-refractivity contribution in [2.24, 2.45) is 5.10 Å². The lowest BCUT2D eigenvalue weighted by atomic mass is 10.2. The molecule has 100 valence electrons. The second-order valence-electron chi connectivity index (χ2n) is 3.75. The molecule has 19 heavy (non-hydrogen) atoms. The maximum atomic E-state index is 11.2. The highest BCUT2D eigenvalue weighted by atomic mass is 35.5. The maximum absolute atomic E-state index is 11.2. The van der Waals surface area contributed by atoms with Crippen molar-refractivity contribution in [1.29, 1.82) is 0 Å². The molecule has 0 saturated carbocycles. The Morgan fingerprint density at radius 3 is 2.89 bits per heavy atom. The van der Waals surface area contributed by atoms with Gasteiger partial charge in [0.25, 0.3) is 0 Å². The number of thiophene rings is 1. The monoisotopic (exact) mass is 297 g/mol. The van der Waals surface area contributed by atoms with Crippen LogP contribution >= 0.6 is 22.9 Å². The van der Waals surface area contributed by atoms with Gasteiger partial charge < -0.3 is 5.21 Å². The first kappa shape index (κ1) is 14.0. The van der Waals surface area contributed by atoms with Crippen LogP contribution in [0, 0.1) is 5.21 Å². The first-order valence-corrected chi connectivity index (χ1v) is 6.68. The molecule has 1 aromatic heterocycles. The summed E-state index contributed by atoms with van der Waals surface area (Å²) < 4.78 is 0. The van der Waals surface area contributed by atoms with Gasteiger partial charge in [-0.15, -0.1) is 11.3 Å². The SMILES string of the molecule is CN(/N=C/c1cccs1)c1ccc(Cl)cc1[NH+]([O-])O. The van der Waals surface area contributed by atoms with E-state index in [0.717, 1.165) is 4.88 Å². The fourth-order valence-electron chi connectivity index (χ4n) is 1.53. The molecular weight excluding hydrogens is 286 g/mol. The molecule has 0 fully saturated rings. The van der Waals surface area contributed by atoms with Crippen molar-refractivity contribution in [3.63, 3.8) is 0 Å². The Kier molecular flexibility index (Phi) is 4.52. The summed E-state index contributed by atoms with van der Waals surface area (Å²) in [5, 5.41) is 27.4. The third kappa shape index (κ3) is 3.52. The van der Waals surface area contributed by atoms with Gasteiger partial charge in [0, 0.05) is 23.0 Å². The van der Waals surface area contributed by atoms with Crippen LogP contribution in [-0.2, 0) is 0 Å². The zero-order chi connectivity index (χ0) is 13.8. The highest BCUT2D eigenvalue weighted by Gasteiger charge is 2.13. The first-order valence-electron chi connectivity index (χ1n) is 5.42. The van der Waals surface area contributed by atoms with Crippen LogP contribution in [0.1, 0.15) is 4.88 Å². The van der Waals surface area contributed by atoms with E-state index in [-0.39, 0.29) is 5.69 Å². The average molecular weight is 298 g/mol. The van der Waals surface area contributed by atoms with E-state index in [1.54, 1.807) is 36.7 Å². The molecule has 1 heterocycles. The smallest absolute Gasteiger partial charge is 0.190 e.